The lowest BCUT2D eigenvalue weighted by molar-refractivity contribution is 0.0505. The molecular formula is C19H30ClN3O3. The Labute approximate surface area is 161 Å². The molecule has 0 aromatic heterocycles. The van der Waals surface area contributed by atoms with E-state index in [0.29, 0.717) is 5.02 Å². The Morgan fingerprint density at radius 3 is 2.69 bits per heavy atom. The van der Waals surface area contributed by atoms with Crippen LogP contribution in [-0.4, -0.2) is 60.1 Å². The van der Waals surface area contributed by atoms with Crippen LogP contribution in [0.4, 0.5) is 0 Å². The van der Waals surface area contributed by atoms with Gasteiger partial charge in [0.05, 0.1) is 7.11 Å². The molecule has 1 aliphatic heterocycles. The Morgan fingerprint density at radius 1 is 1.27 bits per heavy atom. The van der Waals surface area contributed by atoms with Gasteiger partial charge >= 0.3 is 0 Å². The highest BCUT2D eigenvalue weighted by atomic mass is 35.5. The van der Waals surface area contributed by atoms with E-state index in [1.807, 2.05) is 18.2 Å². The van der Waals surface area contributed by atoms with Gasteiger partial charge in [-0.25, -0.2) is 0 Å². The Bertz CT molecular complexity index is 589. The van der Waals surface area contributed by atoms with Crippen LogP contribution in [0.25, 0.3) is 0 Å². The molecule has 7 heteroatoms. The standard InChI is InChI=1S/C19H30ClN3O3/c1-21-18(22-9-4-10-24-2)23-14-19(7-11-26-12-8-19)16-13-15(20)5-6-17(16)25-3/h5-6,13H,4,7-12,14H2,1-3H3,(H2,21,22,23). The third kappa shape index (κ3) is 5.50. The maximum Gasteiger partial charge on any atom is 0.191 e. The van der Waals surface area contributed by atoms with Crippen molar-refractivity contribution in [1.82, 2.24) is 10.6 Å². The summed E-state index contributed by atoms with van der Waals surface area (Å²) < 4.78 is 16.3. The van der Waals surface area contributed by atoms with Crippen molar-refractivity contribution in [2.24, 2.45) is 4.99 Å². The molecule has 0 aliphatic carbocycles. The largest absolute Gasteiger partial charge is 0.496 e. The fourth-order valence-corrected chi connectivity index (χ4v) is 3.47. The molecule has 0 atom stereocenters. The zero-order valence-corrected chi connectivity index (χ0v) is 16.7. The van der Waals surface area contributed by atoms with Crippen molar-refractivity contribution in [1.29, 1.82) is 0 Å². The van der Waals surface area contributed by atoms with Crippen molar-refractivity contribution >= 4 is 17.6 Å². The monoisotopic (exact) mass is 383 g/mol. The molecule has 1 fully saturated rings. The van der Waals surface area contributed by atoms with E-state index in [1.54, 1.807) is 21.3 Å². The van der Waals surface area contributed by atoms with Gasteiger partial charge in [-0.2, -0.15) is 0 Å². The average molecular weight is 384 g/mol. The maximum absolute atomic E-state index is 6.29. The summed E-state index contributed by atoms with van der Waals surface area (Å²) in [6, 6.07) is 5.81. The summed E-state index contributed by atoms with van der Waals surface area (Å²) in [7, 11) is 5.19. The zero-order valence-electron chi connectivity index (χ0n) is 15.9. The van der Waals surface area contributed by atoms with Gasteiger partial charge in [-0.05, 0) is 37.5 Å². The van der Waals surface area contributed by atoms with E-state index in [4.69, 9.17) is 25.8 Å². The maximum atomic E-state index is 6.29. The first kappa shape index (κ1) is 20.8. The molecule has 1 aromatic carbocycles. The van der Waals surface area contributed by atoms with E-state index in [2.05, 4.69) is 15.6 Å². The van der Waals surface area contributed by atoms with Crippen molar-refractivity contribution in [3.63, 3.8) is 0 Å². The number of hydrogen-bond donors (Lipinski definition) is 2. The van der Waals surface area contributed by atoms with Crippen molar-refractivity contribution in [3.8, 4) is 5.75 Å². The van der Waals surface area contributed by atoms with Crippen molar-refractivity contribution in [3.05, 3.63) is 28.8 Å². The SMILES string of the molecule is CN=C(NCCCOC)NCC1(c2cc(Cl)ccc2OC)CCOCC1. The Morgan fingerprint density at radius 2 is 2.04 bits per heavy atom. The Hall–Kier alpha value is -1.50. The molecular weight excluding hydrogens is 354 g/mol. The van der Waals surface area contributed by atoms with E-state index < -0.39 is 0 Å². The normalized spacial score (nSPS) is 17.0. The van der Waals surface area contributed by atoms with Gasteiger partial charge in [-0.3, -0.25) is 4.99 Å². The topological polar surface area (TPSA) is 64.1 Å². The highest BCUT2D eigenvalue weighted by Gasteiger charge is 2.37. The third-order valence-electron chi connectivity index (χ3n) is 4.82. The summed E-state index contributed by atoms with van der Waals surface area (Å²) in [6.07, 6.45) is 2.73. The quantitative estimate of drug-likeness (QED) is 0.410. The van der Waals surface area contributed by atoms with Crippen LogP contribution in [0, 0.1) is 0 Å². The van der Waals surface area contributed by atoms with Gasteiger partial charge in [0.25, 0.3) is 0 Å². The molecule has 0 unspecified atom stereocenters. The number of ether oxygens (including phenoxy) is 3. The number of halogens is 1. The smallest absolute Gasteiger partial charge is 0.191 e. The number of methoxy groups -OCH3 is 2. The van der Waals surface area contributed by atoms with Gasteiger partial charge in [0.2, 0.25) is 0 Å². The van der Waals surface area contributed by atoms with Crippen LogP contribution < -0.4 is 15.4 Å². The van der Waals surface area contributed by atoms with Gasteiger partial charge in [0, 0.05) is 63.1 Å². The molecule has 1 heterocycles. The summed E-state index contributed by atoms with van der Waals surface area (Å²) in [5.74, 6) is 1.65. The minimum atomic E-state index is -0.112. The number of aliphatic imine (C=N–C) groups is 1. The minimum absolute atomic E-state index is 0.112. The van der Waals surface area contributed by atoms with Crippen LogP contribution in [-0.2, 0) is 14.9 Å². The highest BCUT2D eigenvalue weighted by molar-refractivity contribution is 6.30. The molecule has 6 nitrogen and oxygen atoms in total. The molecule has 1 saturated heterocycles. The number of nitrogens with zero attached hydrogens (tertiary/aromatic N) is 1. The molecule has 2 N–H and O–H groups in total. The molecule has 0 saturated carbocycles. The third-order valence-corrected chi connectivity index (χ3v) is 5.05. The number of hydrogen-bond acceptors (Lipinski definition) is 4. The molecule has 0 amide bonds. The predicted octanol–water partition coefficient (Wildman–Crippen LogP) is 2.60. The highest BCUT2D eigenvalue weighted by Crippen LogP contribution is 2.40. The first-order valence-electron chi connectivity index (χ1n) is 9.00. The van der Waals surface area contributed by atoms with Gasteiger partial charge in [-0.15, -0.1) is 0 Å². The van der Waals surface area contributed by atoms with Crippen molar-refractivity contribution < 1.29 is 14.2 Å². The van der Waals surface area contributed by atoms with Gasteiger partial charge in [-0.1, -0.05) is 11.6 Å². The number of guanidine groups is 1. The van der Waals surface area contributed by atoms with E-state index in [0.717, 1.165) is 69.4 Å². The molecule has 1 aromatic rings. The molecule has 0 radical (unpaired) electrons. The van der Waals surface area contributed by atoms with Gasteiger partial charge in [0.1, 0.15) is 5.75 Å². The van der Waals surface area contributed by atoms with Crippen molar-refractivity contribution in [2.75, 3.05) is 54.2 Å². The van der Waals surface area contributed by atoms with E-state index in [-0.39, 0.29) is 5.41 Å². The van der Waals surface area contributed by atoms with Crippen LogP contribution >= 0.6 is 11.6 Å². The lowest BCUT2D eigenvalue weighted by Gasteiger charge is -2.39. The Kier molecular flexibility index (Phi) is 8.48. The number of rotatable bonds is 8. The van der Waals surface area contributed by atoms with Gasteiger partial charge < -0.3 is 24.8 Å². The first-order valence-corrected chi connectivity index (χ1v) is 9.38. The summed E-state index contributed by atoms with van der Waals surface area (Å²) >= 11 is 6.29. The van der Waals surface area contributed by atoms with Crippen LogP contribution in [0.15, 0.2) is 23.2 Å². The molecule has 26 heavy (non-hydrogen) atoms. The first-order chi connectivity index (χ1) is 12.6. The van der Waals surface area contributed by atoms with Crippen LogP contribution in [0.2, 0.25) is 5.02 Å². The summed E-state index contributed by atoms with van der Waals surface area (Å²) in [5.41, 5.74) is 1.01. The average Bonchev–Trinajstić information content (AvgIpc) is 2.68. The lowest BCUT2D eigenvalue weighted by Crippen LogP contribution is -2.48. The van der Waals surface area contributed by atoms with Crippen LogP contribution in [0.3, 0.4) is 0 Å². The lowest BCUT2D eigenvalue weighted by atomic mass is 9.73. The second-order valence-corrected chi connectivity index (χ2v) is 6.87. The molecule has 146 valence electrons. The van der Waals surface area contributed by atoms with E-state index in [1.165, 1.54) is 0 Å². The fraction of sp³-hybridized carbons (Fsp3) is 0.632. The fourth-order valence-electron chi connectivity index (χ4n) is 3.29. The van der Waals surface area contributed by atoms with Crippen LogP contribution in [0.1, 0.15) is 24.8 Å². The zero-order chi connectivity index (χ0) is 18.8. The Balaban J connectivity index is 2.13. The number of benzene rings is 1. The predicted molar refractivity (Wildman–Crippen MR) is 106 cm³/mol. The van der Waals surface area contributed by atoms with E-state index >= 15 is 0 Å². The summed E-state index contributed by atoms with van der Waals surface area (Å²) in [4.78, 5) is 4.32. The second-order valence-electron chi connectivity index (χ2n) is 6.44. The molecule has 0 spiro atoms. The van der Waals surface area contributed by atoms with Crippen LogP contribution in [0.5, 0.6) is 5.75 Å². The van der Waals surface area contributed by atoms with Crippen molar-refractivity contribution in [2.45, 2.75) is 24.7 Å². The molecule has 0 bridgehead atoms. The van der Waals surface area contributed by atoms with E-state index in [9.17, 15) is 0 Å². The minimum Gasteiger partial charge on any atom is -0.496 e. The molecule has 2 rings (SSSR count). The second kappa shape index (κ2) is 10.6. The summed E-state index contributed by atoms with van der Waals surface area (Å²) in [6.45, 7) is 3.71. The molecule has 1 aliphatic rings. The summed E-state index contributed by atoms with van der Waals surface area (Å²) in [5, 5.41) is 7.51. The van der Waals surface area contributed by atoms with Gasteiger partial charge in [0.15, 0.2) is 5.96 Å². The number of nitrogens with one attached hydrogen (secondary N) is 2.